The largest absolute Gasteiger partial charge is 0.327 e. The van der Waals surface area contributed by atoms with Gasteiger partial charge in [-0.1, -0.05) is 24.3 Å². The van der Waals surface area contributed by atoms with Crippen LogP contribution in [-0.4, -0.2) is 17.4 Å². The first-order chi connectivity index (χ1) is 12.2. The van der Waals surface area contributed by atoms with Gasteiger partial charge in [0, 0.05) is 27.9 Å². The SMILES string of the molecule is O=C(/C=C/c1ccccc1F)N1CCc2sccc2[C@H]1c1cccs1. The molecule has 1 atom stereocenters. The monoisotopic (exact) mass is 369 g/mol. The van der Waals surface area contributed by atoms with E-state index in [9.17, 15) is 9.18 Å². The van der Waals surface area contributed by atoms with Crippen molar-refractivity contribution < 1.29 is 9.18 Å². The Kier molecular flexibility index (Phi) is 4.51. The van der Waals surface area contributed by atoms with Gasteiger partial charge in [0.2, 0.25) is 5.91 Å². The fourth-order valence-corrected chi connectivity index (χ4v) is 4.93. The molecule has 0 spiro atoms. The van der Waals surface area contributed by atoms with Gasteiger partial charge < -0.3 is 4.90 Å². The van der Waals surface area contributed by atoms with E-state index in [1.54, 1.807) is 46.9 Å². The minimum Gasteiger partial charge on any atom is -0.327 e. The van der Waals surface area contributed by atoms with Crippen molar-refractivity contribution in [3.63, 3.8) is 0 Å². The Bertz CT molecular complexity index is 913. The molecule has 0 bridgehead atoms. The molecule has 0 saturated heterocycles. The van der Waals surface area contributed by atoms with Gasteiger partial charge in [0.25, 0.3) is 0 Å². The number of fused-ring (bicyclic) bond motifs is 1. The molecule has 0 N–H and O–H groups in total. The Balaban J connectivity index is 1.64. The Hall–Kier alpha value is -2.24. The zero-order valence-electron chi connectivity index (χ0n) is 13.4. The maximum atomic E-state index is 13.8. The summed E-state index contributed by atoms with van der Waals surface area (Å²) >= 11 is 3.41. The molecule has 126 valence electrons. The van der Waals surface area contributed by atoms with E-state index in [4.69, 9.17) is 0 Å². The fraction of sp³-hybridized carbons (Fsp3) is 0.150. The van der Waals surface area contributed by atoms with E-state index in [1.165, 1.54) is 22.6 Å². The summed E-state index contributed by atoms with van der Waals surface area (Å²) in [5, 5.41) is 4.13. The van der Waals surface area contributed by atoms with Crippen LogP contribution in [-0.2, 0) is 11.2 Å². The van der Waals surface area contributed by atoms with E-state index in [2.05, 4.69) is 17.5 Å². The smallest absolute Gasteiger partial charge is 0.247 e. The standard InChI is InChI=1S/C20H16FNOS2/c21-16-5-2-1-4-14(16)7-8-19(23)22-11-9-17-15(10-13-25-17)20(22)18-6-3-12-24-18/h1-8,10,12-13,20H,9,11H2/b8-7+/t20-/m0/s1. The average Bonchev–Trinajstić information content (AvgIpc) is 3.31. The van der Waals surface area contributed by atoms with Gasteiger partial charge >= 0.3 is 0 Å². The predicted molar refractivity (Wildman–Crippen MR) is 101 cm³/mol. The van der Waals surface area contributed by atoms with Gasteiger partial charge in [0.05, 0.1) is 6.04 Å². The summed E-state index contributed by atoms with van der Waals surface area (Å²) < 4.78 is 13.8. The summed E-state index contributed by atoms with van der Waals surface area (Å²) in [6.07, 6.45) is 3.91. The van der Waals surface area contributed by atoms with Gasteiger partial charge in [0.15, 0.2) is 0 Å². The molecule has 0 radical (unpaired) electrons. The molecule has 4 rings (SSSR count). The second-order valence-corrected chi connectivity index (χ2v) is 7.83. The molecule has 5 heteroatoms. The summed E-state index contributed by atoms with van der Waals surface area (Å²) in [6, 6.07) is 12.6. The molecule has 1 aromatic carbocycles. The zero-order chi connectivity index (χ0) is 17.2. The average molecular weight is 369 g/mol. The van der Waals surface area contributed by atoms with Crippen LogP contribution in [0, 0.1) is 5.82 Å². The molecular weight excluding hydrogens is 353 g/mol. The number of halogens is 1. The van der Waals surface area contributed by atoms with Crippen molar-refractivity contribution in [1.29, 1.82) is 0 Å². The highest BCUT2D eigenvalue weighted by molar-refractivity contribution is 7.10. The molecule has 2 aromatic heterocycles. The molecule has 0 fully saturated rings. The normalized spacial score (nSPS) is 17.0. The Morgan fingerprint density at radius 3 is 2.80 bits per heavy atom. The van der Waals surface area contributed by atoms with Crippen LogP contribution in [0.1, 0.15) is 26.9 Å². The third-order valence-corrected chi connectivity index (χ3v) is 6.29. The number of hydrogen-bond acceptors (Lipinski definition) is 3. The number of nitrogens with zero attached hydrogens (tertiary/aromatic N) is 1. The maximum Gasteiger partial charge on any atom is 0.247 e. The predicted octanol–water partition coefficient (Wildman–Crippen LogP) is 5.14. The lowest BCUT2D eigenvalue weighted by molar-refractivity contribution is -0.127. The van der Waals surface area contributed by atoms with E-state index in [-0.39, 0.29) is 17.8 Å². The van der Waals surface area contributed by atoms with Crippen molar-refractivity contribution in [3.05, 3.63) is 86.0 Å². The molecule has 1 aliphatic rings. The molecule has 0 saturated carbocycles. The highest BCUT2D eigenvalue weighted by atomic mass is 32.1. The molecule has 0 unspecified atom stereocenters. The van der Waals surface area contributed by atoms with Gasteiger partial charge in [-0.2, -0.15) is 0 Å². The Labute approximate surface area is 153 Å². The summed E-state index contributed by atoms with van der Waals surface area (Å²) in [5.41, 5.74) is 1.64. The fourth-order valence-electron chi connectivity index (χ4n) is 3.17. The first-order valence-corrected chi connectivity index (χ1v) is 9.83. The molecule has 1 amide bonds. The lowest BCUT2D eigenvalue weighted by Crippen LogP contribution is -2.38. The van der Waals surface area contributed by atoms with Crippen LogP contribution in [0.15, 0.2) is 59.3 Å². The van der Waals surface area contributed by atoms with Gasteiger partial charge in [-0.3, -0.25) is 4.79 Å². The van der Waals surface area contributed by atoms with Crippen molar-refractivity contribution in [3.8, 4) is 0 Å². The maximum absolute atomic E-state index is 13.8. The Morgan fingerprint density at radius 2 is 2.00 bits per heavy atom. The minimum atomic E-state index is -0.319. The van der Waals surface area contributed by atoms with Crippen molar-refractivity contribution in [1.82, 2.24) is 4.90 Å². The summed E-state index contributed by atoms with van der Waals surface area (Å²) in [5.74, 6) is -0.404. The molecular formula is C20H16FNOS2. The van der Waals surface area contributed by atoms with Crippen LogP contribution in [0.2, 0.25) is 0 Å². The second kappa shape index (κ2) is 6.94. The van der Waals surface area contributed by atoms with Gasteiger partial charge in [-0.15, -0.1) is 22.7 Å². The van der Waals surface area contributed by atoms with Crippen LogP contribution < -0.4 is 0 Å². The minimum absolute atomic E-state index is 0.0484. The number of thiophene rings is 2. The second-order valence-electron chi connectivity index (χ2n) is 5.85. The first-order valence-electron chi connectivity index (χ1n) is 8.07. The van der Waals surface area contributed by atoms with E-state index in [0.717, 1.165) is 11.3 Å². The quantitative estimate of drug-likeness (QED) is 0.586. The van der Waals surface area contributed by atoms with Crippen LogP contribution in [0.4, 0.5) is 4.39 Å². The summed E-state index contributed by atoms with van der Waals surface area (Å²) in [4.78, 5) is 17.2. The van der Waals surface area contributed by atoms with Crippen LogP contribution in [0.5, 0.6) is 0 Å². The number of carbonyl (C=O) groups excluding carboxylic acids is 1. The summed E-state index contributed by atoms with van der Waals surface area (Å²) in [6.45, 7) is 0.677. The highest BCUT2D eigenvalue weighted by Crippen LogP contribution is 2.39. The molecule has 3 aromatic rings. The van der Waals surface area contributed by atoms with Crippen molar-refractivity contribution in [2.24, 2.45) is 0 Å². The van der Waals surface area contributed by atoms with E-state index in [1.807, 2.05) is 16.3 Å². The Morgan fingerprint density at radius 1 is 1.12 bits per heavy atom. The van der Waals surface area contributed by atoms with E-state index >= 15 is 0 Å². The number of carbonyl (C=O) groups is 1. The van der Waals surface area contributed by atoms with Gasteiger partial charge in [-0.25, -0.2) is 4.39 Å². The molecule has 1 aliphatic heterocycles. The topological polar surface area (TPSA) is 20.3 Å². The lowest BCUT2D eigenvalue weighted by atomic mass is 9.98. The van der Waals surface area contributed by atoms with Crippen LogP contribution >= 0.6 is 22.7 Å². The summed E-state index contributed by atoms with van der Waals surface area (Å²) in [7, 11) is 0. The molecule has 2 nitrogen and oxygen atoms in total. The highest BCUT2D eigenvalue weighted by Gasteiger charge is 2.32. The zero-order valence-corrected chi connectivity index (χ0v) is 15.0. The van der Waals surface area contributed by atoms with E-state index in [0.29, 0.717) is 12.1 Å². The third kappa shape index (κ3) is 3.17. The van der Waals surface area contributed by atoms with Gasteiger partial charge in [0.1, 0.15) is 5.82 Å². The van der Waals surface area contributed by atoms with Crippen molar-refractivity contribution in [2.75, 3.05) is 6.54 Å². The molecule has 25 heavy (non-hydrogen) atoms. The van der Waals surface area contributed by atoms with Crippen LogP contribution in [0.3, 0.4) is 0 Å². The molecule has 0 aliphatic carbocycles. The van der Waals surface area contributed by atoms with Gasteiger partial charge in [-0.05, 0) is 47.0 Å². The van der Waals surface area contributed by atoms with E-state index < -0.39 is 0 Å². The number of rotatable bonds is 3. The van der Waals surface area contributed by atoms with Crippen molar-refractivity contribution >= 4 is 34.7 Å². The van der Waals surface area contributed by atoms with Crippen molar-refractivity contribution in [2.45, 2.75) is 12.5 Å². The first kappa shape index (κ1) is 16.2. The van der Waals surface area contributed by atoms with Crippen LogP contribution in [0.25, 0.3) is 6.08 Å². The number of benzene rings is 1. The molecule has 3 heterocycles. The number of amides is 1. The lowest BCUT2D eigenvalue weighted by Gasteiger charge is -2.34. The third-order valence-electron chi connectivity index (χ3n) is 4.37. The number of hydrogen-bond donors (Lipinski definition) is 0.